The molecule has 2 aromatic rings. The summed E-state index contributed by atoms with van der Waals surface area (Å²) in [6, 6.07) is 12.1. The number of carbonyl (C=O) groups excluding carboxylic acids is 2. The molecule has 0 aromatic heterocycles. The van der Waals surface area contributed by atoms with Gasteiger partial charge in [0.25, 0.3) is 5.91 Å². The third kappa shape index (κ3) is 6.69. The van der Waals surface area contributed by atoms with Gasteiger partial charge < -0.3 is 24.8 Å². The van der Waals surface area contributed by atoms with Gasteiger partial charge in [-0.15, -0.1) is 0 Å². The molecule has 0 saturated carbocycles. The van der Waals surface area contributed by atoms with Gasteiger partial charge in [0.2, 0.25) is 5.91 Å². The van der Waals surface area contributed by atoms with E-state index in [0.717, 1.165) is 5.56 Å². The first-order chi connectivity index (χ1) is 14.5. The van der Waals surface area contributed by atoms with Gasteiger partial charge in [-0.3, -0.25) is 9.59 Å². The molecule has 2 amide bonds. The summed E-state index contributed by atoms with van der Waals surface area (Å²) in [5.41, 5.74) is 1.35. The first kappa shape index (κ1) is 23.1. The zero-order valence-corrected chi connectivity index (χ0v) is 18.0. The van der Waals surface area contributed by atoms with E-state index in [2.05, 4.69) is 10.6 Å². The lowest BCUT2D eigenvalue weighted by molar-refractivity contribution is -0.120. The SMILES string of the molecule is CCOc1ccc(C(=O)NCC(=O)NC(C)c2ccc(OCC)c(OCC)c2)cc1. The summed E-state index contributed by atoms with van der Waals surface area (Å²) in [6.07, 6.45) is 0. The van der Waals surface area contributed by atoms with Crippen LogP contribution in [0.15, 0.2) is 42.5 Å². The molecule has 0 fully saturated rings. The Morgan fingerprint density at radius 3 is 2.13 bits per heavy atom. The van der Waals surface area contributed by atoms with Crippen LogP contribution in [0.3, 0.4) is 0 Å². The Labute approximate surface area is 177 Å². The first-order valence-corrected chi connectivity index (χ1v) is 10.2. The third-order valence-electron chi connectivity index (χ3n) is 4.28. The highest BCUT2D eigenvalue weighted by Crippen LogP contribution is 2.30. The van der Waals surface area contributed by atoms with Crippen LogP contribution in [0.25, 0.3) is 0 Å². The highest BCUT2D eigenvalue weighted by molar-refractivity contribution is 5.96. The van der Waals surface area contributed by atoms with Crippen molar-refractivity contribution in [2.45, 2.75) is 33.7 Å². The second-order valence-corrected chi connectivity index (χ2v) is 6.50. The normalized spacial score (nSPS) is 11.3. The highest BCUT2D eigenvalue weighted by atomic mass is 16.5. The minimum Gasteiger partial charge on any atom is -0.494 e. The zero-order valence-electron chi connectivity index (χ0n) is 18.0. The van der Waals surface area contributed by atoms with Gasteiger partial charge in [0.05, 0.1) is 32.4 Å². The van der Waals surface area contributed by atoms with E-state index in [1.54, 1.807) is 24.3 Å². The average Bonchev–Trinajstić information content (AvgIpc) is 2.74. The second kappa shape index (κ2) is 11.7. The summed E-state index contributed by atoms with van der Waals surface area (Å²) in [7, 11) is 0. The molecule has 0 saturated heterocycles. The van der Waals surface area contributed by atoms with E-state index in [1.165, 1.54) is 0 Å². The van der Waals surface area contributed by atoms with Crippen LogP contribution in [0, 0.1) is 0 Å². The van der Waals surface area contributed by atoms with E-state index in [1.807, 2.05) is 45.9 Å². The molecule has 0 radical (unpaired) electrons. The number of nitrogens with one attached hydrogen (secondary N) is 2. The number of amides is 2. The topological polar surface area (TPSA) is 85.9 Å². The van der Waals surface area contributed by atoms with Crippen molar-refractivity contribution in [2.75, 3.05) is 26.4 Å². The molecule has 1 atom stereocenters. The monoisotopic (exact) mass is 414 g/mol. The molecule has 162 valence electrons. The van der Waals surface area contributed by atoms with Crippen molar-refractivity contribution in [2.24, 2.45) is 0 Å². The largest absolute Gasteiger partial charge is 0.494 e. The molecule has 0 heterocycles. The molecule has 2 rings (SSSR count). The maximum Gasteiger partial charge on any atom is 0.251 e. The van der Waals surface area contributed by atoms with Gasteiger partial charge >= 0.3 is 0 Å². The Hall–Kier alpha value is -3.22. The molecular weight excluding hydrogens is 384 g/mol. The van der Waals surface area contributed by atoms with Crippen molar-refractivity contribution < 1.29 is 23.8 Å². The average molecular weight is 415 g/mol. The van der Waals surface area contributed by atoms with Crippen molar-refractivity contribution in [3.63, 3.8) is 0 Å². The van der Waals surface area contributed by atoms with Gasteiger partial charge in [-0.25, -0.2) is 0 Å². The number of hydrogen-bond acceptors (Lipinski definition) is 5. The molecule has 2 aromatic carbocycles. The van der Waals surface area contributed by atoms with Crippen LogP contribution in [-0.4, -0.2) is 38.2 Å². The van der Waals surface area contributed by atoms with Crippen molar-refractivity contribution in [3.8, 4) is 17.2 Å². The van der Waals surface area contributed by atoms with Gasteiger partial charge in [0.1, 0.15) is 5.75 Å². The van der Waals surface area contributed by atoms with Crippen LogP contribution in [0.1, 0.15) is 49.7 Å². The van der Waals surface area contributed by atoms with Gasteiger partial charge in [0, 0.05) is 5.56 Å². The smallest absolute Gasteiger partial charge is 0.251 e. The molecular formula is C23H30N2O5. The van der Waals surface area contributed by atoms with E-state index in [-0.39, 0.29) is 24.4 Å². The lowest BCUT2D eigenvalue weighted by atomic mass is 10.1. The molecule has 0 spiro atoms. The lowest BCUT2D eigenvalue weighted by Gasteiger charge is -2.17. The summed E-state index contributed by atoms with van der Waals surface area (Å²) in [6.45, 7) is 9.08. The van der Waals surface area contributed by atoms with Crippen LogP contribution in [0.5, 0.6) is 17.2 Å². The molecule has 7 heteroatoms. The quantitative estimate of drug-likeness (QED) is 0.588. The maximum absolute atomic E-state index is 12.3. The van der Waals surface area contributed by atoms with E-state index >= 15 is 0 Å². The van der Waals surface area contributed by atoms with Gasteiger partial charge in [0.15, 0.2) is 11.5 Å². The number of benzene rings is 2. The van der Waals surface area contributed by atoms with E-state index < -0.39 is 0 Å². The van der Waals surface area contributed by atoms with E-state index in [0.29, 0.717) is 42.6 Å². The van der Waals surface area contributed by atoms with Crippen LogP contribution < -0.4 is 24.8 Å². The fraction of sp³-hybridized carbons (Fsp3) is 0.391. The third-order valence-corrected chi connectivity index (χ3v) is 4.28. The summed E-state index contributed by atoms with van der Waals surface area (Å²) < 4.78 is 16.6. The number of carbonyl (C=O) groups is 2. The Morgan fingerprint density at radius 1 is 0.867 bits per heavy atom. The molecule has 1 unspecified atom stereocenters. The fourth-order valence-electron chi connectivity index (χ4n) is 2.84. The molecule has 2 N–H and O–H groups in total. The second-order valence-electron chi connectivity index (χ2n) is 6.50. The highest BCUT2D eigenvalue weighted by Gasteiger charge is 2.14. The number of hydrogen-bond donors (Lipinski definition) is 2. The predicted octanol–water partition coefficient (Wildman–Crippen LogP) is 3.49. The van der Waals surface area contributed by atoms with E-state index in [9.17, 15) is 9.59 Å². The van der Waals surface area contributed by atoms with Gasteiger partial charge in [-0.1, -0.05) is 6.07 Å². The predicted molar refractivity (Wildman–Crippen MR) is 115 cm³/mol. The standard InChI is InChI=1S/C23H30N2O5/c1-5-28-19-11-8-17(9-12-19)23(27)24-15-22(26)25-16(4)18-10-13-20(29-6-2)21(14-18)30-7-3/h8-14,16H,5-7,15H2,1-4H3,(H,24,27)(H,25,26). The van der Waals surface area contributed by atoms with Gasteiger partial charge in [-0.05, 0) is 69.7 Å². The van der Waals surface area contributed by atoms with Crippen molar-refractivity contribution >= 4 is 11.8 Å². The van der Waals surface area contributed by atoms with Crippen molar-refractivity contribution in [1.82, 2.24) is 10.6 Å². The van der Waals surface area contributed by atoms with Crippen LogP contribution in [0.2, 0.25) is 0 Å². The van der Waals surface area contributed by atoms with Crippen LogP contribution >= 0.6 is 0 Å². The Balaban J connectivity index is 1.90. The van der Waals surface area contributed by atoms with Crippen LogP contribution in [-0.2, 0) is 4.79 Å². The maximum atomic E-state index is 12.3. The zero-order chi connectivity index (χ0) is 21.9. The molecule has 0 aliphatic carbocycles. The fourth-order valence-corrected chi connectivity index (χ4v) is 2.84. The molecule has 0 bridgehead atoms. The summed E-state index contributed by atoms with van der Waals surface area (Å²) in [5.74, 6) is 1.41. The number of rotatable bonds is 11. The Morgan fingerprint density at radius 2 is 1.50 bits per heavy atom. The molecule has 0 aliphatic heterocycles. The van der Waals surface area contributed by atoms with Gasteiger partial charge in [-0.2, -0.15) is 0 Å². The van der Waals surface area contributed by atoms with E-state index in [4.69, 9.17) is 14.2 Å². The summed E-state index contributed by atoms with van der Waals surface area (Å²) >= 11 is 0. The van der Waals surface area contributed by atoms with Crippen LogP contribution in [0.4, 0.5) is 0 Å². The summed E-state index contributed by atoms with van der Waals surface area (Å²) in [5, 5.41) is 5.51. The van der Waals surface area contributed by atoms with Crippen molar-refractivity contribution in [1.29, 1.82) is 0 Å². The first-order valence-electron chi connectivity index (χ1n) is 10.2. The molecule has 7 nitrogen and oxygen atoms in total. The minimum atomic E-state index is -0.319. The molecule has 30 heavy (non-hydrogen) atoms. The minimum absolute atomic E-state index is 0.119. The summed E-state index contributed by atoms with van der Waals surface area (Å²) in [4.78, 5) is 24.5. The lowest BCUT2D eigenvalue weighted by Crippen LogP contribution is -2.38. The Kier molecular flexibility index (Phi) is 9.00. The Bertz CT molecular complexity index is 836. The number of ether oxygens (including phenoxy) is 3. The van der Waals surface area contributed by atoms with Crippen molar-refractivity contribution in [3.05, 3.63) is 53.6 Å². The molecule has 0 aliphatic rings.